The third kappa shape index (κ3) is 5.32. The lowest BCUT2D eigenvalue weighted by Crippen LogP contribution is -2.47. The Bertz CT molecular complexity index is 727. The minimum Gasteiger partial charge on any atom is -0.381 e. The first-order valence-electron chi connectivity index (χ1n) is 9.36. The average Bonchev–Trinajstić information content (AvgIpc) is 2.72. The van der Waals surface area contributed by atoms with E-state index in [1.165, 1.54) is 5.56 Å². The van der Waals surface area contributed by atoms with Crippen LogP contribution in [0.4, 0.5) is 0 Å². The molecule has 27 heavy (non-hydrogen) atoms. The first-order valence-corrected chi connectivity index (χ1v) is 9.74. The lowest BCUT2D eigenvalue weighted by atomic mass is 9.74. The van der Waals surface area contributed by atoms with Crippen molar-refractivity contribution in [1.82, 2.24) is 5.32 Å². The molecule has 1 unspecified atom stereocenters. The fraction of sp³-hybridized carbons (Fsp3) is 0.409. The topological polar surface area (TPSA) is 47.6 Å². The fourth-order valence-corrected chi connectivity index (χ4v) is 3.53. The van der Waals surface area contributed by atoms with E-state index >= 15 is 0 Å². The molecule has 1 heterocycles. The Kier molecular flexibility index (Phi) is 6.89. The van der Waals surface area contributed by atoms with Crippen molar-refractivity contribution in [1.29, 1.82) is 0 Å². The van der Waals surface area contributed by atoms with E-state index in [1.54, 1.807) is 6.92 Å². The van der Waals surface area contributed by atoms with Gasteiger partial charge in [-0.25, -0.2) is 0 Å². The molecular weight excluding hydrogens is 362 g/mol. The highest BCUT2D eigenvalue weighted by atomic mass is 35.5. The molecule has 144 valence electrons. The number of hydrogen-bond acceptors (Lipinski definition) is 3. The number of halogens is 1. The van der Waals surface area contributed by atoms with E-state index in [4.69, 9.17) is 21.1 Å². The summed E-state index contributed by atoms with van der Waals surface area (Å²) in [6.45, 7) is 4.16. The Hall–Kier alpha value is -1.88. The van der Waals surface area contributed by atoms with Gasteiger partial charge in [-0.15, -0.1) is 0 Å². The maximum atomic E-state index is 12.5. The molecule has 3 rings (SSSR count). The maximum absolute atomic E-state index is 12.5. The van der Waals surface area contributed by atoms with E-state index < -0.39 is 6.10 Å². The number of carbonyl (C=O) groups excluding carboxylic acids is 1. The highest BCUT2D eigenvalue weighted by Crippen LogP contribution is 2.35. The Labute approximate surface area is 165 Å². The van der Waals surface area contributed by atoms with E-state index in [1.807, 2.05) is 42.5 Å². The molecule has 1 amide bonds. The minimum absolute atomic E-state index is 0.0919. The maximum Gasteiger partial charge on any atom is 0.248 e. The van der Waals surface area contributed by atoms with Crippen LogP contribution < -0.4 is 5.32 Å². The molecule has 1 aliphatic heterocycles. The molecule has 0 saturated carbocycles. The van der Waals surface area contributed by atoms with Gasteiger partial charge in [-0.1, -0.05) is 54.1 Å². The molecule has 4 nitrogen and oxygen atoms in total. The van der Waals surface area contributed by atoms with Gasteiger partial charge in [0.2, 0.25) is 5.91 Å². The second-order valence-corrected chi connectivity index (χ2v) is 7.49. The summed E-state index contributed by atoms with van der Waals surface area (Å²) in [6.07, 6.45) is 1.23. The van der Waals surface area contributed by atoms with Crippen LogP contribution in [0.2, 0.25) is 5.02 Å². The van der Waals surface area contributed by atoms with Gasteiger partial charge in [0.05, 0.1) is 6.61 Å². The van der Waals surface area contributed by atoms with Crippen molar-refractivity contribution in [2.75, 3.05) is 19.8 Å². The molecular formula is C22H26ClNO3. The lowest BCUT2D eigenvalue weighted by Gasteiger charge is -2.38. The SMILES string of the molecule is CC(OCc1ccccc1)C(=O)NCC1(c2ccc(Cl)cc2)CCOCC1. The van der Waals surface area contributed by atoms with Crippen LogP contribution in [-0.2, 0) is 26.3 Å². The van der Waals surface area contributed by atoms with Gasteiger partial charge >= 0.3 is 0 Å². The summed E-state index contributed by atoms with van der Waals surface area (Å²) < 4.78 is 11.3. The molecule has 0 aromatic heterocycles. The van der Waals surface area contributed by atoms with Crippen LogP contribution >= 0.6 is 11.6 Å². The summed E-state index contributed by atoms with van der Waals surface area (Å²) in [5.41, 5.74) is 2.12. The standard InChI is InChI=1S/C22H26ClNO3/c1-17(27-15-18-5-3-2-4-6-18)21(25)24-16-22(11-13-26-14-12-22)19-7-9-20(23)10-8-19/h2-10,17H,11-16H2,1H3,(H,24,25). The van der Waals surface area contributed by atoms with Gasteiger partial charge in [0.25, 0.3) is 0 Å². The Balaban J connectivity index is 1.59. The highest BCUT2D eigenvalue weighted by molar-refractivity contribution is 6.30. The highest BCUT2D eigenvalue weighted by Gasteiger charge is 2.35. The zero-order chi connectivity index (χ0) is 19.1. The molecule has 0 aliphatic carbocycles. The van der Waals surface area contributed by atoms with E-state index in [-0.39, 0.29) is 11.3 Å². The summed E-state index contributed by atoms with van der Waals surface area (Å²) in [7, 11) is 0. The molecule has 2 aromatic carbocycles. The zero-order valence-corrected chi connectivity index (χ0v) is 16.4. The van der Waals surface area contributed by atoms with Gasteiger partial charge in [-0.2, -0.15) is 0 Å². The predicted octanol–water partition coefficient (Wildman–Crippen LogP) is 4.11. The molecule has 1 fully saturated rings. The number of ether oxygens (including phenoxy) is 2. The average molecular weight is 388 g/mol. The molecule has 1 N–H and O–H groups in total. The van der Waals surface area contributed by atoms with Crippen LogP contribution in [0.5, 0.6) is 0 Å². The van der Waals surface area contributed by atoms with Crippen molar-refractivity contribution >= 4 is 17.5 Å². The van der Waals surface area contributed by atoms with Gasteiger partial charge < -0.3 is 14.8 Å². The van der Waals surface area contributed by atoms with Crippen LogP contribution in [-0.4, -0.2) is 31.8 Å². The van der Waals surface area contributed by atoms with E-state index in [0.717, 1.165) is 18.4 Å². The van der Waals surface area contributed by atoms with E-state index in [2.05, 4.69) is 17.4 Å². The summed E-state index contributed by atoms with van der Waals surface area (Å²) >= 11 is 6.04. The number of nitrogens with one attached hydrogen (secondary N) is 1. The Morgan fingerprint density at radius 2 is 1.81 bits per heavy atom. The monoisotopic (exact) mass is 387 g/mol. The quantitative estimate of drug-likeness (QED) is 0.777. The van der Waals surface area contributed by atoms with Crippen LogP contribution in [0.25, 0.3) is 0 Å². The van der Waals surface area contributed by atoms with Crippen molar-refractivity contribution in [3.63, 3.8) is 0 Å². The largest absolute Gasteiger partial charge is 0.381 e. The van der Waals surface area contributed by atoms with Gasteiger partial charge in [0.1, 0.15) is 6.10 Å². The van der Waals surface area contributed by atoms with Crippen molar-refractivity contribution in [2.24, 2.45) is 0 Å². The second kappa shape index (κ2) is 9.36. The molecule has 1 saturated heterocycles. The molecule has 1 aliphatic rings. The lowest BCUT2D eigenvalue weighted by molar-refractivity contribution is -0.133. The Morgan fingerprint density at radius 3 is 2.48 bits per heavy atom. The first kappa shape index (κ1) is 19.9. The van der Waals surface area contributed by atoms with Crippen LogP contribution in [0.3, 0.4) is 0 Å². The van der Waals surface area contributed by atoms with Crippen LogP contribution in [0.1, 0.15) is 30.9 Å². The smallest absolute Gasteiger partial charge is 0.248 e. The van der Waals surface area contributed by atoms with Crippen molar-refractivity contribution in [3.05, 3.63) is 70.7 Å². The fourth-order valence-electron chi connectivity index (χ4n) is 3.40. The number of carbonyl (C=O) groups is 1. The van der Waals surface area contributed by atoms with Gasteiger partial charge in [-0.05, 0) is 43.0 Å². The van der Waals surface area contributed by atoms with Gasteiger partial charge in [0.15, 0.2) is 0 Å². The third-order valence-corrected chi connectivity index (χ3v) is 5.47. The third-order valence-electron chi connectivity index (χ3n) is 5.22. The predicted molar refractivity (Wildman–Crippen MR) is 107 cm³/mol. The normalized spacial score (nSPS) is 17.3. The molecule has 0 spiro atoms. The molecule has 5 heteroatoms. The summed E-state index contributed by atoms with van der Waals surface area (Å²) in [5.74, 6) is -0.0919. The Morgan fingerprint density at radius 1 is 1.15 bits per heavy atom. The molecule has 2 aromatic rings. The van der Waals surface area contributed by atoms with Crippen molar-refractivity contribution in [3.8, 4) is 0 Å². The van der Waals surface area contributed by atoms with E-state index in [0.29, 0.717) is 31.4 Å². The first-order chi connectivity index (χ1) is 13.1. The van der Waals surface area contributed by atoms with Gasteiger partial charge in [-0.3, -0.25) is 4.79 Å². The zero-order valence-electron chi connectivity index (χ0n) is 15.6. The van der Waals surface area contributed by atoms with Crippen molar-refractivity contribution in [2.45, 2.75) is 37.9 Å². The van der Waals surface area contributed by atoms with Crippen LogP contribution in [0.15, 0.2) is 54.6 Å². The van der Waals surface area contributed by atoms with Gasteiger partial charge in [0, 0.05) is 30.2 Å². The summed E-state index contributed by atoms with van der Waals surface area (Å²) in [6, 6.07) is 17.8. The second-order valence-electron chi connectivity index (χ2n) is 7.06. The van der Waals surface area contributed by atoms with Crippen LogP contribution in [0, 0.1) is 0 Å². The number of hydrogen-bond donors (Lipinski definition) is 1. The molecule has 1 atom stereocenters. The number of rotatable bonds is 7. The number of amides is 1. The summed E-state index contributed by atoms with van der Waals surface area (Å²) in [4.78, 5) is 12.5. The summed E-state index contributed by atoms with van der Waals surface area (Å²) in [5, 5.41) is 3.81. The molecule has 0 radical (unpaired) electrons. The van der Waals surface area contributed by atoms with Crippen molar-refractivity contribution < 1.29 is 14.3 Å². The van der Waals surface area contributed by atoms with E-state index in [9.17, 15) is 4.79 Å². The number of benzene rings is 2. The molecule has 0 bridgehead atoms. The minimum atomic E-state index is -0.507.